The molecule has 0 aliphatic rings. The van der Waals surface area contributed by atoms with Crippen LogP contribution < -0.4 is 4.90 Å². The lowest BCUT2D eigenvalue weighted by atomic mass is 10.0. The Hall–Kier alpha value is -1.84. The van der Waals surface area contributed by atoms with Gasteiger partial charge in [0.2, 0.25) is 0 Å². The van der Waals surface area contributed by atoms with Gasteiger partial charge in [0.1, 0.15) is 0 Å². The van der Waals surface area contributed by atoms with E-state index in [2.05, 4.69) is 0 Å². The van der Waals surface area contributed by atoms with Crippen molar-refractivity contribution in [2.75, 3.05) is 19.0 Å². The zero-order valence-corrected chi connectivity index (χ0v) is 11.6. The average molecular weight is 263 g/mol. The van der Waals surface area contributed by atoms with Crippen molar-refractivity contribution in [1.82, 2.24) is 0 Å². The minimum atomic E-state index is -0.773. The van der Waals surface area contributed by atoms with E-state index in [-0.39, 0.29) is 12.2 Å². The third-order valence-corrected chi connectivity index (χ3v) is 2.98. The number of hydrogen-bond donors (Lipinski definition) is 1. The van der Waals surface area contributed by atoms with Crippen molar-refractivity contribution < 1.29 is 14.7 Å². The van der Waals surface area contributed by atoms with E-state index in [0.717, 1.165) is 24.1 Å². The van der Waals surface area contributed by atoms with E-state index < -0.39 is 5.97 Å². The predicted molar refractivity (Wildman–Crippen MR) is 75.8 cm³/mol. The Balaban J connectivity index is 2.41. The quantitative estimate of drug-likeness (QED) is 0.578. The van der Waals surface area contributed by atoms with Crippen LogP contribution >= 0.6 is 0 Å². The van der Waals surface area contributed by atoms with Gasteiger partial charge in [-0.15, -0.1) is 0 Å². The van der Waals surface area contributed by atoms with Crippen molar-refractivity contribution in [3.63, 3.8) is 0 Å². The number of Topliss-reactive ketones (excluding diaryl/α,β-unsaturated/α-hetero) is 1. The fourth-order valence-corrected chi connectivity index (χ4v) is 1.84. The number of carbonyl (C=O) groups is 2. The summed E-state index contributed by atoms with van der Waals surface area (Å²) in [6.07, 6.45) is 2.84. The third-order valence-electron chi connectivity index (χ3n) is 2.98. The van der Waals surface area contributed by atoms with Crippen LogP contribution in [0.2, 0.25) is 0 Å². The number of unbranched alkanes of at least 4 members (excludes halogenated alkanes) is 2. The van der Waals surface area contributed by atoms with Gasteiger partial charge in [-0.25, -0.2) is 0 Å². The number of anilines is 1. The van der Waals surface area contributed by atoms with Gasteiger partial charge >= 0.3 is 5.97 Å². The maximum absolute atomic E-state index is 12.0. The van der Waals surface area contributed by atoms with Crippen LogP contribution in [0.4, 0.5) is 5.69 Å². The van der Waals surface area contributed by atoms with Crippen LogP contribution in [0, 0.1) is 0 Å². The van der Waals surface area contributed by atoms with Gasteiger partial charge in [-0.2, -0.15) is 0 Å². The molecule has 0 unspecified atom stereocenters. The maximum Gasteiger partial charge on any atom is 0.303 e. The van der Waals surface area contributed by atoms with Gasteiger partial charge < -0.3 is 10.0 Å². The summed E-state index contributed by atoms with van der Waals surface area (Å²) in [4.78, 5) is 24.3. The van der Waals surface area contributed by atoms with Crippen molar-refractivity contribution in [3.8, 4) is 0 Å². The smallest absolute Gasteiger partial charge is 0.303 e. The number of hydrogen-bond acceptors (Lipinski definition) is 3. The molecule has 1 rings (SSSR count). The van der Waals surface area contributed by atoms with Crippen LogP contribution in [0.15, 0.2) is 24.3 Å². The van der Waals surface area contributed by atoms with Crippen LogP contribution in [0.25, 0.3) is 0 Å². The zero-order chi connectivity index (χ0) is 14.3. The highest BCUT2D eigenvalue weighted by Crippen LogP contribution is 2.16. The Morgan fingerprint density at radius 3 is 2.42 bits per heavy atom. The molecule has 0 saturated carbocycles. The summed E-state index contributed by atoms with van der Waals surface area (Å²) in [5.41, 5.74) is 1.74. The molecule has 0 aliphatic carbocycles. The van der Waals surface area contributed by atoms with E-state index in [9.17, 15) is 9.59 Å². The Morgan fingerprint density at radius 1 is 1.11 bits per heavy atom. The van der Waals surface area contributed by atoms with Gasteiger partial charge in [-0.3, -0.25) is 9.59 Å². The van der Waals surface area contributed by atoms with Gasteiger partial charge in [0, 0.05) is 38.2 Å². The molecule has 0 fully saturated rings. The molecule has 4 nitrogen and oxygen atoms in total. The topological polar surface area (TPSA) is 57.6 Å². The first-order valence-electron chi connectivity index (χ1n) is 6.53. The fourth-order valence-electron chi connectivity index (χ4n) is 1.84. The zero-order valence-electron chi connectivity index (χ0n) is 11.6. The second-order valence-electron chi connectivity index (χ2n) is 4.82. The van der Waals surface area contributed by atoms with Crippen molar-refractivity contribution in [2.24, 2.45) is 0 Å². The highest BCUT2D eigenvalue weighted by Gasteiger charge is 2.07. The number of rotatable bonds is 8. The van der Waals surface area contributed by atoms with Crippen molar-refractivity contribution in [3.05, 3.63) is 29.8 Å². The van der Waals surface area contributed by atoms with Gasteiger partial charge in [-0.1, -0.05) is 18.6 Å². The number of carboxylic acid groups (broad SMARTS) is 1. The highest BCUT2D eigenvalue weighted by molar-refractivity contribution is 5.96. The standard InChI is InChI=1S/C15H21NO3/c1-16(2)13-8-6-7-12(11-13)14(17)9-4-3-5-10-15(18)19/h6-8,11H,3-5,9-10H2,1-2H3,(H,18,19). The summed E-state index contributed by atoms with van der Waals surface area (Å²) in [7, 11) is 3.88. The lowest BCUT2D eigenvalue weighted by molar-refractivity contribution is -0.137. The molecule has 1 aromatic carbocycles. The Morgan fingerprint density at radius 2 is 1.79 bits per heavy atom. The fraction of sp³-hybridized carbons (Fsp3) is 0.467. The molecule has 1 aromatic rings. The van der Waals surface area contributed by atoms with Gasteiger partial charge in [-0.05, 0) is 25.0 Å². The molecule has 104 valence electrons. The van der Waals surface area contributed by atoms with Crippen LogP contribution in [0.5, 0.6) is 0 Å². The molecule has 0 radical (unpaired) electrons. The first-order chi connectivity index (χ1) is 9.00. The van der Waals surface area contributed by atoms with Gasteiger partial charge in [0.05, 0.1) is 0 Å². The van der Waals surface area contributed by atoms with Crippen LogP contribution in [-0.2, 0) is 4.79 Å². The largest absolute Gasteiger partial charge is 0.481 e. The number of aliphatic carboxylic acids is 1. The van der Waals surface area contributed by atoms with Gasteiger partial charge in [0.15, 0.2) is 5.78 Å². The molecule has 0 aromatic heterocycles. The summed E-state index contributed by atoms with van der Waals surface area (Å²) >= 11 is 0. The minimum absolute atomic E-state index is 0.124. The second-order valence-corrected chi connectivity index (χ2v) is 4.82. The van der Waals surface area contributed by atoms with E-state index in [1.54, 1.807) is 0 Å². The Kier molecular flexibility index (Phi) is 6.06. The molecule has 0 spiro atoms. The van der Waals surface area contributed by atoms with Crippen molar-refractivity contribution >= 4 is 17.4 Å². The molecule has 4 heteroatoms. The number of carboxylic acids is 1. The molecule has 0 heterocycles. The maximum atomic E-state index is 12.0. The van der Waals surface area contributed by atoms with E-state index in [1.165, 1.54) is 0 Å². The first kappa shape index (κ1) is 15.2. The number of nitrogens with zero attached hydrogens (tertiary/aromatic N) is 1. The van der Waals surface area contributed by atoms with E-state index in [4.69, 9.17) is 5.11 Å². The molecule has 19 heavy (non-hydrogen) atoms. The molecule has 0 aliphatic heterocycles. The molecule has 0 bridgehead atoms. The van der Waals surface area contributed by atoms with E-state index in [0.29, 0.717) is 12.8 Å². The summed E-state index contributed by atoms with van der Waals surface area (Å²) in [5, 5.41) is 8.51. The predicted octanol–water partition coefficient (Wildman–Crippen LogP) is 2.97. The lowest BCUT2D eigenvalue weighted by Crippen LogP contribution is -2.09. The minimum Gasteiger partial charge on any atom is -0.481 e. The van der Waals surface area contributed by atoms with E-state index >= 15 is 0 Å². The summed E-state index contributed by atoms with van der Waals surface area (Å²) in [6.45, 7) is 0. The Labute approximate surface area is 114 Å². The highest BCUT2D eigenvalue weighted by atomic mass is 16.4. The first-order valence-corrected chi connectivity index (χ1v) is 6.53. The summed E-state index contributed by atoms with van der Waals surface area (Å²) in [5.74, 6) is -0.649. The molecule has 0 saturated heterocycles. The third kappa shape index (κ3) is 5.55. The summed E-state index contributed by atoms with van der Waals surface area (Å²) in [6, 6.07) is 7.56. The number of benzene rings is 1. The van der Waals surface area contributed by atoms with Crippen molar-refractivity contribution in [2.45, 2.75) is 32.1 Å². The van der Waals surface area contributed by atoms with Crippen LogP contribution in [-0.4, -0.2) is 31.0 Å². The average Bonchev–Trinajstić information content (AvgIpc) is 2.37. The van der Waals surface area contributed by atoms with Crippen molar-refractivity contribution in [1.29, 1.82) is 0 Å². The van der Waals surface area contributed by atoms with Crippen LogP contribution in [0.3, 0.4) is 0 Å². The normalized spacial score (nSPS) is 10.2. The number of ketones is 1. The monoisotopic (exact) mass is 263 g/mol. The molecule has 0 amide bonds. The van der Waals surface area contributed by atoms with E-state index in [1.807, 2.05) is 43.3 Å². The summed E-state index contributed by atoms with van der Waals surface area (Å²) < 4.78 is 0. The lowest BCUT2D eigenvalue weighted by Gasteiger charge is -2.13. The number of carbonyl (C=O) groups excluding carboxylic acids is 1. The SMILES string of the molecule is CN(C)c1cccc(C(=O)CCCCCC(=O)O)c1. The second kappa shape index (κ2) is 7.56. The van der Waals surface area contributed by atoms with Crippen LogP contribution in [0.1, 0.15) is 42.5 Å². The molecular weight excluding hydrogens is 242 g/mol. The molecule has 0 atom stereocenters. The Bertz CT molecular complexity index is 441. The van der Waals surface area contributed by atoms with Gasteiger partial charge in [0.25, 0.3) is 0 Å². The molecule has 1 N–H and O–H groups in total. The molecular formula is C15H21NO3.